The summed E-state index contributed by atoms with van der Waals surface area (Å²) in [6.07, 6.45) is 0. The van der Waals surface area contributed by atoms with Gasteiger partial charge in [0.2, 0.25) is 11.9 Å². The van der Waals surface area contributed by atoms with E-state index in [0.717, 1.165) is 49.9 Å². The SMILES string of the molecule is COc1ccc2nc(Nc3nc(C)cc(CSc4nc5ccccc5[nH]4)n3)nc(C)c2c1. The number of nitrogens with zero attached hydrogens (tertiary/aromatic N) is 5. The Kier molecular flexibility index (Phi) is 5.32. The van der Waals surface area contributed by atoms with Crippen LogP contribution in [0.25, 0.3) is 21.9 Å². The van der Waals surface area contributed by atoms with E-state index < -0.39 is 0 Å². The number of aromatic amines is 1. The fourth-order valence-electron chi connectivity index (χ4n) is 3.45. The Bertz CT molecular complexity index is 1400. The van der Waals surface area contributed by atoms with Crippen molar-refractivity contribution in [2.45, 2.75) is 24.8 Å². The van der Waals surface area contributed by atoms with Crippen LogP contribution in [0.2, 0.25) is 0 Å². The van der Waals surface area contributed by atoms with Crippen LogP contribution in [0.3, 0.4) is 0 Å². The van der Waals surface area contributed by atoms with Crippen LogP contribution in [0.4, 0.5) is 11.9 Å². The maximum Gasteiger partial charge on any atom is 0.230 e. The summed E-state index contributed by atoms with van der Waals surface area (Å²) < 4.78 is 5.30. The molecule has 3 heterocycles. The number of ether oxygens (including phenoxy) is 1. The lowest BCUT2D eigenvalue weighted by atomic mass is 10.2. The molecule has 0 aliphatic heterocycles. The third-order valence-electron chi connectivity index (χ3n) is 4.95. The summed E-state index contributed by atoms with van der Waals surface area (Å²) in [5.74, 6) is 2.37. The fraction of sp³-hybridized carbons (Fsp3) is 0.174. The zero-order chi connectivity index (χ0) is 22.1. The van der Waals surface area contributed by atoms with E-state index in [2.05, 4.69) is 35.2 Å². The summed E-state index contributed by atoms with van der Waals surface area (Å²) in [7, 11) is 1.65. The summed E-state index contributed by atoms with van der Waals surface area (Å²) in [6, 6.07) is 15.7. The Morgan fingerprint density at radius 2 is 1.75 bits per heavy atom. The molecule has 0 aliphatic rings. The lowest BCUT2D eigenvalue weighted by Gasteiger charge is -2.09. The number of hydrogen-bond acceptors (Lipinski definition) is 8. The molecule has 2 N–H and O–H groups in total. The number of imidazole rings is 1. The minimum atomic E-state index is 0.460. The molecule has 9 heteroatoms. The third-order valence-corrected chi connectivity index (χ3v) is 5.86. The van der Waals surface area contributed by atoms with Crippen molar-refractivity contribution in [1.29, 1.82) is 0 Å². The first-order chi connectivity index (χ1) is 15.6. The molecular weight excluding hydrogens is 422 g/mol. The van der Waals surface area contributed by atoms with Crippen LogP contribution in [-0.2, 0) is 5.75 Å². The first-order valence-corrected chi connectivity index (χ1v) is 11.1. The van der Waals surface area contributed by atoms with Crippen molar-refractivity contribution in [1.82, 2.24) is 29.9 Å². The van der Waals surface area contributed by atoms with Crippen LogP contribution in [0, 0.1) is 13.8 Å². The number of thioether (sulfide) groups is 1. The van der Waals surface area contributed by atoms with Crippen LogP contribution in [0.1, 0.15) is 17.1 Å². The molecule has 2 aromatic carbocycles. The average Bonchev–Trinajstić information content (AvgIpc) is 3.20. The van der Waals surface area contributed by atoms with E-state index in [0.29, 0.717) is 17.6 Å². The van der Waals surface area contributed by atoms with Gasteiger partial charge in [-0.05, 0) is 50.2 Å². The zero-order valence-electron chi connectivity index (χ0n) is 17.9. The minimum absolute atomic E-state index is 0.460. The van der Waals surface area contributed by atoms with Crippen molar-refractivity contribution in [2.75, 3.05) is 12.4 Å². The summed E-state index contributed by atoms with van der Waals surface area (Å²) >= 11 is 1.60. The topological polar surface area (TPSA) is 102 Å². The van der Waals surface area contributed by atoms with E-state index >= 15 is 0 Å². The molecule has 0 bridgehead atoms. The average molecular weight is 444 g/mol. The molecule has 8 nitrogen and oxygen atoms in total. The van der Waals surface area contributed by atoms with Crippen molar-refractivity contribution >= 4 is 45.6 Å². The molecular formula is C23H21N7OS. The second-order valence-corrected chi connectivity index (χ2v) is 8.28. The summed E-state index contributed by atoms with van der Waals surface area (Å²) in [6.45, 7) is 3.89. The van der Waals surface area contributed by atoms with Crippen molar-refractivity contribution in [2.24, 2.45) is 0 Å². The normalized spacial score (nSPS) is 11.2. The lowest BCUT2D eigenvalue weighted by Crippen LogP contribution is -2.05. The molecule has 3 aromatic heterocycles. The van der Waals surface area contributed by atoms with Gasteiger partial charge in [-0.2, -0.15) is 0 Å². The van der Waals surface area contributed by atoms with Gasteiger partial charge in [0, 0.05) is 16.8 Å². The molecule has 0 saturated carbocycles. The first-order valence-electron chi connectivity index (χ1n) is 10.1. The van der Waals surface area contributed by atoms with Crippen LogP contribution in [-0.4, -0.2) is 37.0 Å². The Morgan fingerprint density at radius 3 is 2.59 bits per heavy atom. The molecule has 0 atom stereocenters. The smallest absolute Gasteiger partial charge is 0.230 e. The molecule has 0 fully saturated rings. The van der Waals surface area contributed by atoms with Crippen LogP contribution in [0.5, 0.6) is 5.75 Å². The van der Waals surface area contributed by atoms with E-state index in [9.17, 15) is 0 Å². The van der Waals surface area contributed by atoms with Gasteiger partial charge in [-0.15, -0.1) is 0 Å². The predicted molar refractivity (Wildman–Crippen MR) is 127 cm³/mol. The number of para-hydroxylation sites is 2. The zero-order valence-corrected chi connectivity index (χ0v) is 18.7. The summed E-state index contributed by atoms with van der Waals surface area (Å²) in [4.78, 5) is 26.3. The molecule has 0 spiro atoms. The predicted octanol–water partition coefficient (Wildman–Crippen LogP) is 4.96. The second kappa shape index (κ2) is 8.43. The molecule has 0 radical (unpaired) electrons. The molecule has 160 valence electrons. The number of methoxy groups -OCH3 is 1. The van der Waals surface area contributed by atoms with Gasteiger partial charge < -0.3 is 9.72 Å². The molecule has 5 rings (SSSR count). The van der Waals surface area contributed by atoms with Crippen LogP contribution < -0.4 is 10.1 Å². The fourth-order valence-corrected chi connectivity index (χ4v) is 4.22. The molecule has 0 saturated heterocycles. The number of hydrogen-bond donors (Lipinski definition) is 2. The van der Waals surface area contributed by atoms with E-state index in [1.54, 1.807) is 18.9 Å². The molecule has 0 amide bonds. The first kappa shape index (κ1) is 20.2. The second-order valence-electron chi connectivity index (χ2n) is 7.31. The van der Waals surface area contributed by atoms with Gasteiger partial charge in [-0.1, -0.05) is 23.9 Å². The monoisotopic (exact) mass is 443 g/mol. The van der Waals surface area contributed by atoms with Crippen molar-refractivity contribution < 1.29 is 4.74 Å². The number of aromatic nitrogens is 6. The summed E-state index contributed by atoms with van der Waals surface area (Å²) in [5.41, 5.74) is 5.42. The number of H-pyrrole nitrogens is 1. The Balaban J connectivity index is 1.36. The van der Waals surface area contributed by atoms with Crippen molar-refractivity contribution in [3.63, 3.8) is 0 Å². The number of rotatable bonds is 6. The van der Waals surface area contributed by atoms with E-state index in [1.807, 2.05) is 62.4 Å². The number of benzene rings is 2. The number of anilines is 2. The van der Waals surface area contributed by atoms with E-state index in [1.165, 1.54) is 0 Å². The van der Waals surface area contributed by atoms with Gasteiger partial charge >= 0.3 is 0 Å². The maximum atomic E-state index is 5.30. The highest BCUT2D eigenvalue weighted by Crippen LogP contribution is 2.25. The standard InChI is InChI=1S/C23H21N7OS/c1-13-10-15(12-32-23-28-19-6-4-5-7-20(19)29-23)26-21(24-13)30-22-25-14(2)17-11-16(31-3)8-9-18(17)27-22/h4-11H,12H2,1-3H3,(H,28,29)(H,24,25,26,27,30). The number of nitrogens with one attached hydrogen (secondary N) is 2. The highest BCUT2D eigenvalue weighted by Gasteiger charge is 2.10. The third kappa shape index (κ3) is 4.19. The van der Waals surface area contributed by atoms with Gasteiger partial charge in [0.1, 0.15) is 5.75 Å². The molecule has 0 unspecified atom stereocenters. The van der Waals surface area contributed by atoms with Crippen molar-refractivity contribution in [3.8, 4) is 5.75 Å². The van der Waals surface area contributed by atoms with Crippen LogP contribution >= 0.6 is 11.8 Å². The maximum absolute atomic E-state index is 5.30. The van der Waals surface area contributed by atoms with Gasteiger partial charge in [0.25, 0.3) is 0 Å². The van der Waals surface area contributed by atoms with Gasteiger partial charge in [-0.3, -0.25) is 5.32 Å². The van der Waals surface area contributed by atoms with E-state index in [-0.39, 0.29) is 0 Å². The Hall–Kier alpha value is -3.72. The number of fused-ring (bicyclic) bond motifs is 2. The molecule has 5 aromatic rings. The Morgan fingerprint density at radius 1 is 0.906 bits per heavy atom. The minimum Gasteiger partial charge on any atom is -0.497 e. The van der Waals surface area contributed by atoms with E-state index in [4.69, 9.17) is 4.74 Å². The molecule has 32 heavy (non-hydrogen) atoms. The van der Waals surface area contributed by atoms with Gasteiger partial charge in [0.15, 0.2) is 5.16 Å². The highest BCUT2D eigenvalue weighted by molar-refractivity contribution is 7.98. The highest BCUT2D eigenvalue weighted by atomic mass is 32.2. The Labute approximate surface area is 188 Å². The van der Waals surface area contributed by atoms with Crippen LogP contribution in [0.15, 0.2) is 53.7 Å². The largest absolute Gasteiger partial charge is 0.497 e. The number of aryl methyl sites for hydroxylation is 2. The van der Waals surface area contributed by atoms with Crippen molar-refractivity contribution in [3.05, 3.63) is 65.6 Å². The quantitative estimate of drug-likeness (QED) is 0.355. The van der Waals surface area contributed by atoms with Gasteiger partial charge in [-0.25, -0.2) is 24.9 Å². The summed E-state index contributed by atoms with van der Waals surface area (Å²) in [5, 5.41) is 4.97. The van der Waals surface area contributed by atoms with Gasteiger partial charge in [0.05, 0.1) is 35.0 Å². The molecule has 0 aliphatic carbocycles. The lowest BCUT2D eigenvalue weighted by molar-refractivity contribution is 0.415.